The van der Waals surface area contributed by atoms with Gasteiger partial charge in [-0.3, -0.25) is 9.59 Å². The molecular formula is C20H18O2. The first-order valence-electron chi connectivity index (χ1n) is 7.13. The van der Waals surface area contributed by atoms with Crippen LogP contribution in [-0.2, 0) is 9.59 Å². The second kappa shape index (κ2) is 7.32. The summed E-state index contributed by atoms with van der Waals surface area (Å²) in [6.07, 6.45) is 3.52. The largest absolute Gasteiger partial charge is 0.294 e. The van der Waals surface area contributed by atoms with Gasteiger partial charge in [-0.25, -0.2) is 0 Å². The maximum absolute atomic E-state index is 12.0. The smallest absolute Gasteiger partial charge is 0.160 e. The average Bonchev–Trinajstić information content (AvgIpc) is 2.52. The van der Waals surface area contributed by atoms with E-state index >= 15 is 0 Å². The molecule has 2 aromatic carbocycles. The summed E-state index contributed by atoms with van der Waals surface area (Å²) in [4.78, 5) is 24.0. The van der Waals surface area contributed by atoms with Crippen molar-refractivity contribution in [2.45, 2.75) is 13.8 Å². The zero-order valence-corrected chi connectivity index (χ0v) is 12.7. The normalized spacial score (nSPS) is 12.1. The molecule has 110 valence electrons. The number of hydrogen-bond acceptors (Lipinski definition) is 2. The van der Waals surface area contributed by atoms with Gasteiger partial charge in [-0.2, -0.15) is 0 Å². The molecule has 0 spiro atoms. The summed E-state index contributed by atoms with van der Waals surface area (Å²) in [6, 6.07) is 19.1. The van der Waals surface area contributed by atoms with Gasteiger partial charge < -0.3 is 0 Å². The van der Waals surface area contributed by atoms with Crippen molar-refractivity contribution >= 4 is 23.7 Å². The highest BCUT2D eigenvalue weighted by Crippen LogP contribution is 2.20. The summed E-state index contributed by atoms with van der Waals surface area (Å²) in [5.41, 5.74) is 2.66. The minimum atomic E-state index is -0.124. The van der Waals surface area contributed by atoms with Crippen LogP contribution in [0.1, 0.15) is 25.0 Å². The topological polar surface area (TPSA) is 34.1 Å². The van der Waals surface area contributed by atoms with Gasteiger partial charge in [0.05, 0.1) is 0 Å². The summed E-state index contributed by atoms with van der Waals surface area (Å²) in [5, 5.41) is 0. The van der Waals surface area contributed by atoms with Crippen molar-refractivity contribution in [3.05, 3.63) is 82.9 Å². The van der Waals surface area contributed by atoms with Crippen molar-refractivity contribution in [1.82, 2.24) is 0 Å². The van der Waals surface area contributed by atoms with Gasteiger partial charge in [0, 0.05) is 11.1 Å². The Bertz CT molecular complexity index is 657. The summed E-state index contributed by atoms with van der Waals surface area (Å²) in [6.45, 7) is 2.97. The van der Waals surface area contributed by atoms with Crippen LogP contribution in [-0.4, -0.2) is 11.6 Å². The van der Waals surface area contributed by atoms with Crippen LogP contribution in [0.25, 0.3) is 12.2 Å². The highest BCUT2D eigenvalue weighted by atomic mass is 16.1. The first kappa shape index (κ1) is 15.6. The third kappa shape index (κ3) is 4.13. The number of carbonyl (C=O) groups is 2. The van der Waals surface area contributed by atoms with E-state index in [1.165, 1.54) is 13.8 Å². The van der Waals surface area contributed by atoms with Gasteiger partial charge >= 0.3 is 0 Å². The molecule has 0 heterocycles. The molecule has 0 aliphatic heterocycles. The number of hydrogen-bond donors (Lipinski definition) is 0. The number of rotatable bonds is 5. The van der Waals surface area contributed by atoms with E-state index < -0.39 is 0 Å². The molecule has 0 atom stereocenters. The summed E-state index contributed by atoms with van der Waals surface area (Å²) in [5.74, 6) is -0.248. The Labute approximate surface area is 130 Å². The molecule has 0 saturated carbocycles. The predicted molar refractivity (Wildman–Crippen MR) is 90.2 cm³/mol. The summed E-state index contributed by atoms with van der Waals surface area (Å²) >= 11 is 0. The molecule has 2 rings (SSSR count). The highest BCUT2D eigenvalue weighted by molar-refractivity contribution is 6.16. The Kier molecular flexibility index (Phi) is 5.21. The molecule has 0 amide bonds. The fraction of sp³-hybridized carbons (Fsp3) is 0.100. The lowest BCUT2D eigenvalue weighted by atomic mass is 9.95. The molecule has 0 fully saturated rings. The highest BCUT2D eigenvalue weighted by Gasteiger charge is 2.15. The van der Waals surface area contributed by atoms with Crippen LogP contribution in [0.5, 0.6) is 0 Å². The minimum absolute atomic E-state index is 0.124. The fourth-order valence-corrected chi connectivity index (χ4v) is 2.17. The van der Waals surface area contributed by atoms with Crippen molar-refractivity contribution in [3.8, 4) is 0 Å². The molecule has 0 aromatic heterocycles. The zero-order valence-electron chi connectivity index (χ0n) is 12.7. The van der Waals surface area contributed by atoms with Gasteiger partial charge in [0.25, 0.3) is 0 Å². The lowest BCUT2D eigenvalue weighted by Crippen LogP contribution is -2.07. The van der Waals surface area contributed by atoms with Gasteiger partial charge in [-0.1, -0.05) is 60.7 Å². The zero-order chi connectivity index (χ0) is 15.9. The Morgan fingerprint density at radius 2 is 0.955 bits per heavy atom. The lowest BCUT2D eigenvalue weighted by molar-refractivity contribution is -0.116. The number of carbonyl (C=O) groups excluding carboxylic acids is 2. The van der Waals surface area contributed by atoms with Gasteiger partial charge in [0.15, 0.2) is 11.6 Å². The molecular weight excluding hydrogens is 272 g/mol. The summed E-state index contributed by atoms with van der Waals surface area (Å²) in [7, 11) is 0. The number of ketones is 2. The third-order valence-corrected chi connectivity index (χ3v) is 3.27. The molecule has 2 nitrogen and oxygen atoms in total. The maximum Gasteiger partial charge on any atom is 0.160 e. The fourth-order valence-electron chi connectivity index (χ4n) is 2.17. The third-order valence-electron chi connectivity index (χ3n) is 3.27. The Balaban J connectivity index is 2.52. The van der Waals surface area contributed by atoms with E-state index in [9.17, 15) is 9.59 Å². The van der Waals surface area contributed by atoms with Crippen LogP contribution in [0.4, 0.5) is 0 Å². The molecule has 0 bridgehead atoms. The van der Waals surface area contributed by atoms with E-state index in [4.69, 9.17) is 0 Å². The number of allylic oxidation sites excluding steroid dienone is 2. The molecule has 0 aliphatic rings. The average molecular weight is 290 g/mol. The second-order valence-electron chi connectivity index (χ2n) is 5.05. The Morgan fingerprint density at radius 1 is 0.636 bits per heavy atom. The summed E-state index contributed by atoms with van der Waals surface area (Å²) < 4.78 is 0. The van der Waals surface area contributed by atoms with Crippen LogP contribution < -0.4 is 0 Å². The molecule has 0 radical (unpaired) electrons. The number of Topliss-reactive ketones (excluding diaryl/α,β-unsaturated/α-hetero) is 2. The molecule has 0 saturated heterocycles. The van der Waals surface area contributed by atoms with Crippen molar-refractivity contribution < 1.29 is 9.59 Å². The van der Waals surface area contributed by atoms with Gasteiger partial charge in [0.2, 0.25) is 0 Å². The Morgan fingerprint density at radius 3 is 1.23 bits per heavy atom. The van der Waals surface area contributed by atoms with E-state index in [-0.39, 0.29) is 11.6 Å². The van der Waals surface area contributed by atoms with Crippen LogP contribution in [0.15, 0.2) is 71.8 Å². The van der Waals surface area contributed by atoms with Crippen LogP contribution in [0, 0.1) is 0 Å². The quantitative estimate of drug-likeness (QED) is 0.606. The van der Waals surface area contributed by atoms with E-state index in [2.05, 4.69) is 0 Å². The van der Waals surface area contributed by atoms with Crippen LogP contribution in [0.3, 0.4) is 0 Å². The van der Waals surface area contributed by atoms with Crippen molar-refractivity contribution in [2.24, 2.45) is 0 Å². The van der Waals surface area contributed by atoms with E-state index in [1.807, 2.05) is 60.7 Å². The monoisotopic (exact) mass is 290 g/mol. The lowest BCUT2D eigenvalue weighted by Gasteiger charge is -2.07. The predicted octanol–water partition coefficient (Wildman–Crippen LogP) is 4.33. The second-order valence-corrected chi connectivity index (χ2v) is 5.05. The number of benzene rings is 2. The standard InChI is InChI=1S/C20H18O2/c1-15(21)19(13-17-9-5-3-6-10-17)20(16(2)22)14-18-11-7-4-8-12-18/h3-14H,1-2H3. The van der Waals surface area contributed by atoms with Gasteiger partial charge in [0.1, 0.15) is 0 Å². The van der Waals surface area contributed by atoms with E-state index in [0.29, 0.717) is 11.1 Å². The van der Waals surface area contributed by atoms with Crippen LogP contribution in [0.2, 0.25) is 0 Å². The van der Waals surface area contributed by atoms with E-state index in [0.717, 1.165) is 11.1 Å². The Hall–Kier alpha value is -2.74. The van der Waals surface area contributed by atoms with Gasteiger partial charge in [-0.05, 0) is 37.1 Å². The first-order chi connectivity index (χ1) is 10.6. The first-order valence-corrected chi connectivity index (χ1v) is 7.13. The maximum atomic E-state index is 12.0. The van der Waals surface area contributed by atoms with Crippen LogP contribution >= 0.6 is 0 Å². The minimum Gasteiger partial charge on any atom is -0.294 e. The molecule has 2 heteroatoms. The molecule has 22 heavy (non-hydrogen) atoms. The molecule has 2 aromatic rings. The molecule has 0 aliphatic carbocycles. The molecule has 0 unspecified atom stereocenters. The van der Waals surface area contributed by atoms with Crippen molar-refractivity contribution in [1.29, 1.82) is 0 Å². The van der Waals surface area contributed by atoms with Crippen molar-refractivity contribution in [2.75, 3.05) is 0 Å². The van der Waals surface area contributed by atoms with Gasteiger partial charge in [-0.15, -0.1) is 0 Å². The molecule has 0 N–H and O–H groups in total. The SMILES string of the molecule is CC(=O)C(=Cc1ccccc1)C(=Cc1ccccc1)C(C)=O. The van der Waals surface area contributed by atoms with E-state index in [1.54, 1.807) is 12.2 Å². The van der Waals surface area contributed by atoms with Crippen molar-refractivity contribution in [3.63, 3.8) is 0 Å².